The van der Waals surface area contributed by atoms with Gasteiger partial charge in [0.1, 0.15) is 12.0 Å². The van der Waals surface area contributed by atoms with E-state index in [-0.39, 0.29) is 12.1 Å². The normalized spacial score (nSPS) is 45.2. The number of phenols is 1. The fourth-order valence-electron chi connectivity index (χ4n) is 7.26. The van der Waals surface area contributed by atoms with Crippen molar-refractivity contribution in [3.05, 3.63) is 23.8 Å². The van der Waals surface area contributed by atoms with Crippen molar-refractivity contribution in [1.29, 1.82) is 0 Å². The molecule has 6 fully saturated rings. The topological polar surface area (TPSA) is 75.7 Å². The summed E-state index contributed by atoms with van der Waals surface area (Å²) in [7, 11) is 2.15. The minimum Gasteiger partial charge on any atom is -0.508 e. The van der Waals surface area contributed by atoms with Crippen LogP contribution in [0.3, 0.4) is 0 Å². The number of rotatable bonds is 4. The van der Waals surface area contributed by atoms with Crippen molar-refractivity contribution in [2.45, 2.75) is 81.2 Å². The van der Waals surface area contributed by atoms with Crippen LogP contribution < -0.4 is 5.32 Å². The van der Waals surface area contributed by atoms with Gasteiger partial charge in [-0.25, -0.2) is 9.78 Å². The summed E-state index contributed by atoms with van der Waals surface area (Å²) in [5, 5.41) is 14.2. The van der Waals surface area contributed by atoms with Crippen LogP contribution in [0.25, 0.3) is 0 Å². The molecule has 7 rings (SSSR count). The standard InChI is InChI=1S/C27H40BrN3O5/c1-17-5-8-22-26(3,28)23(33-24-27(22)20(17)9-10-25(2,34-24)35-36-27)29-19-6-7-21(32)18(15-19)16-31-13-11-30(4)12-14-31/h6-7,15,17,20,22-24,29,32H,5,8-14,16H2,1-4H3/t17-,20+,22+,23?,24-,25-,26+,27-/m1/s1. The molecule has 5 heterocycles. The van der Waals surface area contributed by atoms with E-state index in [9.17, 15) is 5.11 Å². The number of fused-ring (bicyclic) bond motifs is 2. The molecule has 1 spiro atoms. The Morgan fingerprint density at radius 2 is 1.89 bits per heavy atom. The zero-order valence-electron chi connectivity index (χ0n) is 21.8. The maximum absolute atomic E-state index is 10.6. The molecule has 1 aromatic carbocycles. The second-order valence-electron chi connectivity index (χ2n) is 12.1. The van der Waals surface area contributed by atoms with E-state index in [1.54, 1.807) is 6.07 Å². The molecule has 6 aliphatic rings. The number of hydrogen-bond acceptors (Lipinski definition) is 8. The lowest BCUT2D eigenvalue weighted by molar-refractivity contribution is -0.568. The molecule has 8 nitrogen and oxygen atoms in total. The monoisotopic (exact) mass is 565 g/mol. The first-order chi connectivity index (χ1) is 17.1. The number of likely N-dealkylation sites (N-methyl/N-ethyl adjacent to an activating group) is 1. The molecule has 5 aliphatic heterocycles. The number of hydrogen-bond donors (Lipinski definition) is 2. The van der Waals surface area contributed by atoms with Crippen LogP contribution in [-0.2, 0) is 25.8 Å². The first kappa shape index (κ1) is 25.3. The predicted molar refractivity (Wildman–Crippen MR) is 139 cm³/mol. The molecule has 1 unspecified atom stereocenters. The van der Waals surface area contributed by atoms with Crippen LogP contribution in [-0.4, -0.2) is 76.4 Å². The van der Waals surface area contributed by atoms with Gasteiger partial charge in [-0.2, -0.15) is 0 Å². The number of benzene rings is 1. The molecular formula is C27H40BrN3O5. The molecule has 200 valence electrons. The van der Waals surface area contributed by atoms with Gasteiger partial charge in [0.15, 0.2) is 11.9 Å². The number of phenolic OH excluding ortho intramolecular Hbond substituents is 1. The highest BCUT2D eigenvalue weighted by Gasteiger charge is 2.72. The van der Waals surface area contributed by atoms with Crippen molar-refractivity contribution in [2.75, 3.05) is 38.5 Å². The Labute approximate surface area is 222 Å². The molecule has 36 heavy (non-hydrogen) atoms. The second kappa shape index (κ2) is 9.07. The summed E-state index contributed by atoms with van der Waals surface area (Å²) < 4.78 is 12.8. The highest BCUT2D eigenvalue weighted by Crippen LogP contribution is 2.63. The van der Waals surface area contributed by atoms with Gasteiger partial charge in [0.25, 0.3) is 0 Å². The summed E-state index contributed by atoms with van der Waals surface area (Å²) >= 11 is 4.10. The van der Waals surface area contributed by atoms with Gasteiger partial charge in [-0.15, -0.1) is 0 Å². The Morgan fingerprint density at radius 3 is 2.67 bits per heavy atom. The minimum atomic E-state index is -0.795. The number of aromatic hydroxyl groups is 1. The molecule has 1 aromatic rings. The van der Waals surface area contributed by atoms with Gasteiger partial charge in [-0.05, 0) is 70.2 Å². The van der Waals surface area contributed by atoms with Gasteiger partial charge in [-0.1, -0.05) is 22.9 Å². The Morgan fingerprint density at radius 1 is 1.11 bits per heavy atom. The SMILES string of the molecule is C[C@@H]1CC[C@@H]2[C@]34OO[C@](C)(CC[C@@H]13)O[C@H]4OC(Nc1ccc(O)c(CN3CCN(C)CC3)c1)[C@@]2(C)Br. The lowest BCUT2D eigenvalue weighted by Gasteiger charge is -2.62. The molecule has 1 saturated carbocycles. The molecule has 0 aromatic heterocycles. The zero-order valence-corrected chi connectivity index (χ0v) is 23.4. The van der Waals surface area contributed by atoms with Gasteiger partial charge in [0.05, 0.1) is 4.32 Å². The predicted octanol–water partition coefficient (Wildman–Crippen LogP) is 4.28. The van der Waals surface area contributed by atoms with Crippen LogP contribution >= 0.6 is 15.9 Å². The van der Waals surface area contributed by atoms with Gasteiger partial charge in [0, 0.05) is 56.3 Å². The third kappa shape index (κ3) is 4.10. The van der Waals surface area contributed by atoms with E-state index in [1.165, 1.54) is 0 Å². The van der Waals surface area contributed by atoms with Gasteiger partial charge in [0.2, 0.25) is 5.79 Å². The van der Waals surface area contributed by atoms with Gasteiger partial charge < -0.3 is 24.8 Å². The van der Waals surface area contributed by atoms with Crippen molar-refractivity contribution in [1.82, 2.24) is 9.80 Å². The van der Waals surface area contributed by atoms with Crippen molar-refractivity contribution in [3.8, 4) is 5.75 Å². The Balaban J connectivity index is 1.26. The van der Waals surface area contributed by atoms with E-state index in [2.05, 4.69) is 58.0 Å². The molecule has 2 bridgehead atoms. The minimum absolute atomic E-state index is 0.145. The highest BCUT2D eigenvalue weighted by molar-refractivity contribution is 9.10. The first-order valence-corrected chi connectivity index (χ1v) is 14.3. The summed E-state index contributed by atoms with van der Waals surface area (Å²) in [6.45, 7) is 11.3. The molecule has 5 saturated heterocycles. The molecule has 0 amide bonds. The molecule has 8 atom stereocenters. The van der Waals surface area contributed by atoms with E-state index < -0.39 is 22.0 Å². The van der Waals surface area contributed by atoms with Gasteiger partial charge in [-0.3, -0.25) is 4.90 Å². The number of nitrogens with zero attached hydrogens (tertiary/aromatic N) is 2. The summed E-state index contributed by atoms with van der Waals surface area (Å²) in [6, 6.07) is 5.76. The Bertz CT molecular complexity index is 988. The van der Waals surface area contributed by atoms with E-state index in [0.717, 1.165) is 69.7 Å². The lowest BCUT2D eigenvalue weighted by Crippen LogP contribution is -2.74. The van der Waals surface area contributed by atoms with E-state index in [1.807, 2.05) is 13.0 Å². The number of nitrogens with one attached hydrogen (secondary N) is 1. The summed E-state index contributed by atoms with van der Waals surface area (Å²) in [6.07, 6.45) is 3.09. The maximum atomic E-state index is 10.6. The first-order valence-electron chi connectivity index (χ1n) is 13.5. The molecule has 0 radical (unpaired) electrons. The molecule has 9 heteroatoms. The Hall–Kier alpha value is -0.940. The van der Waals surface area contributed by atoms with Crippen molar-refractivity contribution < 1.29 is 24.4 Å². The van der Waals surface area contributed by atoms with Crippen LogP contribution in [0.1, 0.15) is 52.0 Å². The van der Waals surface area contributed by atoms with Crippen molar-refractivity contribution in [3.63, 3.8) is 0 Å². The largest absolute Gasteiger partial charge is 0.508 e. The summed E-state index contributed by atoms with van der Waals surface area (Å²) in [5.74, 6) is 0.508. The fourth-order valence-corrected chi connectivity index (χ4v) is 8.07. The van der Waals surface area contributed by atoms with Crippen LogP contribution in [0.15, 0.2) is 18.2 Å². The number of piperazine rings is 1. The van der Waals surface area contributed by atoms with Crippen LogP contribution in [0.5, 0.6) is 5.75 Å². The molecular weight excluding hydrogens is 526 g/mol. The number of halogens is 1. The zero-order chi connectivity index (χ0) is 25.3. The maximum Gasteiger partial charge on any atom is 0.201 e. The average molecular weight is 567 g/mol. The van der Waals surface area contributed by atoms with Gasteiger partial charge >= 0.3 is 0 Å². The number of ether oxygens (including phenoxy) is 2. The van der Waals surface area contributed by atoms with Crippen LogP contribution in [0.2, 0.25) is 0 Å². The number of alkyl halides is 1. The second-order valence-corrected chi connectivity index (χ2v) is 13.8. The summed E-state index contributed by atoms with van der Waals surface area (Å²) in [5.41, 5.74) is 1.21. The lowest BCUT2D eigenvalue weighted by atomic mass is 9.58. The average Bonchev–Trinajstić information content (AvgIpc) is 3.07. The van der Waals surface area contributed by atoms with Crippen molar-refractivity contribution >= 4 is 21.6 Å². The highest BCUT2D eigenvalue weighted by atomic mass is 79.9. The van der Waals surface area contributed by atoms with E-state index in [4.69, 9.17) is 19.2 Å². The third-order valence-electron chi connectivity index (χ3n) is 9.54. The van der Waals surface area contributed by atoms with E-state index in [0.29, 0.717) is 17.6 Å². The number of anilines is 1. The van der Waals surface area contributed by atoms with Crippen LogP contribution in [0.4, 0.5) is 5.69 Å². The van der Waals surface area contributed by atoms with Crippen molar-refractivity contribution in [2.24, 2.45) is 17.8 Å². The van der Waals surface area contributed by atoms with Crippen LogP contribution in [0, 0.1) is 17.8 Å². The quantitative estimate of drug-likeness (QED) is 0.318. The van der Waals surface area contributed by atoms with E-state index >= 15 is 0 Å². The summed E-state index contributed by atoms with van der Waals surface area (Å²) in [4.78, 5) is 17.0. The fraction of sp³-hybridized carbons (Fsp3) is 0.778. The smallest absolute Gasteiger partial charge is 0.201 e. The third-order valence-corrected chi connectivity index (χ3v) is 10.5. The molecule has 1 aliphatic carbocycles. The Kier molecular flexibility index (Phi) is 6.39. The molecule has 2 N–H and O–H groups in total.